The van der Waals surface area contributed by atoms with Gasteiger partial charge in [-0.3, -0.25) is 14.3 Å². The Morgan fingerprint density at radius 2 is 1.68 bits per heavy atom. The number of rotatable bonds is 5. The topological polar surface area (TPSA) is 104 Å². The summed E-state index contributed by atoms with van der Waals surface area (Å²) >= 11 is 5.94. The molecule has 0 saturated carbocycles. The lowest BCUT2D eigenvalue weighted by atomic mass is 10.1. The van der Waals surface area contributed by atoms with E-state index in [0.717, 1.165) is 6.26 Å². The molecule has 0 fully saturated rings. The summed E-state index contributed by atoms with van der Waals surface area (Å²) in [6.45, 7) is 0. The molecule has 0 bridgehead atoms. The maximum atomic E-state index is 12.4. The molecule has 0 radical (unpaired) electrons. The molecule has 2 rings (SSSR count). The van der Waals surface area contributed by atoms with E-state index in [1.165, 1.54) is 31.3 Å². The van der Waals surface area contributed by atoms with Gasteiger partial charge in [0.25, 0.3) is 11.8 Å². The van der Waals surface area contributed by atoms with Crippen LogP contribution in [0.3, 0.4) is 0 Å². The molecule has 7 nitrogen and oxygen atoms in total. The van der Waals surface area contributed by atoms with Crippen molar-refractivity contribution in [1.29, 1.82) is 0 Å². The Morgan fingerprint density at radius 3 is 2.32 bits per heavy atom. The van der Waals surface area contributed by atoms with Gasteiger partial charge in [0.2, 0.25) is 10.0 Å². The molecule has 3 N–H and O–H groups in total. The number of carbonyl (C=O) groups excluding carboxylic acids is 2. The zero-order valence-electron chi connectivity index (χ0n) is 13.5. The summed E-state index contributed by atoms with van der Waals surface area (Å²) in [4.78, 5) is 24.0. The third kappa shape index (κ3) is 5.20. The normalized spacial score (nSPS) is 10.8. The first-order chi connectivity index (χ1) is 11.7. The number of hydrogen-bond acceptors (Lipinski definition) is 4. The van der Waals surface area contributed by atoms with Crippen LogP contribution in [0.1, 0.15) is 20.7 Å². The molecule has 9 heteroatoms. The fourth-order valence-corrected chi connectivity index (χ4v) is 2.82. The van der Waals surface area contributed by atoms with Crippen molar-refractivity contribution in [3.63, 3.8) is 0 Å². The third-order valence-corrected chi connectivity index (χ3v) is 4.05. The lowest BCUT2D eigenvalue weighted by Gasteiger charge is -2.10. The highest BCUT2D eigenvalue weighted by Crippen LogP contribution is 2.24. The van der Waals surface area contributed by atoms with Gasteiger partial charge in [0.1, 0.15) is 0 Å². The van der Waals surface area contributed by atoms with Crippen LogP contribution < -0.4 is 15.4 Å². The Bertz CT molecular complexity index is 929. The van der Waals surface area contributed by atoms with Crippen molar-refractivity contribution < 1.29 is 18.0 Å². The van der Waals surface area contributed by atoms with Crippen molar-refractivity contribution in [1.82, 2.24) is 5.32 Å². The average Bonchev–Trinajstić information content (AvgIpc) is 2.55. The van der Waals surface area contributed by atoms with Crippen LogP contribution in [0.5, 0.6) is 0 Å². The van der Waals surface area contributed by atoms with Crippen LogP contribution in [0.4, 0.5) is 11.4 Å². The second-order valence-corrected chi connectivity index (χ2v) is 7.34. The van der Waals surface area contributed by atoms with Crippen LogP contribution in [-0.2, 0) is 10.0 Å². The van der Waals surface area contributed by atoms with E-state index in [1.807, 2.05) is 0 Å². The number of hydrogen-bond donors (Lipinski definition) is 3. The van der Waals surface area contributed by atoms with Gasteiger partial charge in [-0.15, -0.1) is 0 Å². The first-order valence-electron chi connectivity index (χ1n) is 7.10. The molecule has 0 aliphatic carbocycles. The Kier molecular flexibility index (Phi) is 5.66. The Balaban J connectivity index is 2.24. The zero-order chi connectivity index (χ0) is 18.6. The Hall–Kier alpha value is -2.58. The van der Waals surface area contributed by atoms with E-state index >= 15 is 0 Å². The van der Waals surface area contributed by atoms with Crippen LogP contribution in [0.15, 0.2) is 42.5 Å². The maximum absolute atomic E-state index is 12.4. The molecule has 0 atom stereocenters. The minimum Gasteiger partial charge on any atom is -0.355 e. The van der Waals surface area contributed by atoms with Crippen molar-refractivity contribution in [3.05, 3.63) is 58.6 Å². The van der Waals surface area contributed by atoms with E-state index in [-0.39, 0.29) is 22.2 Å². The summed E-state index contributed by atoms with van der Waals surface area (Å²) in [7, 11) is -2.02. The summed E-state index contributed by atoms with van der Waals surface area (Å²) in [5.74, 6) is -0.746. The van der Waals surface area contributed by atoms with Crippen molar-refractivity contribution in [2.75, 3.05) is 23.3 Å². The van der Waals surface area contributed by atoms with Crippen molar-refractivity contribution in [2.24, 2.45) is 0 Å². The molecule has 0 heterocycles. The van der Waals surface area contributed by atoms with Gasteiger partial charge in [-0.25, -0.2) is 8.42 Å². The molecule has 0 aliphatic heterocycles. The minimum atomic E-state index is -3.53. The number of nitrogens with one attached hydrogen (secondary N) is 3. The molecule has 132 valence electrons. The predicted molar refractivity (Wildman–Crippen MR) is 97.7 cm³/mol. The number of benzene rings is 2. The van der Waals surface area contributed by atoms with Gasteiger partial charge in [0, 0.05) is 23.9 Å². The summed E-state index contributed by atoms with van der Waals surface area (Å²) in [6, 6.07) is 10.6. The molecule has 2 aromatic carbocycles. The first-order valence-corrected chi connectivity index (χ1v) is 9.37. The van der Waals surface area contributed by atoms with E-state index in [4.69, 9.17) is 11.6 Å². The molecule has 2 aromatic rings. The van der Waals surface area contributed by atoms with Crippen molar-refractivity contribution in [2.45, 2.75) is 0 Å². The molecule has 0 saturated heterocycles. The van der Waals surface area contributed by atoms with Crippen molar-refractivity contribution >= 4 is 44.8 Å². The summed E-state index contributed by atoms with van der Waals surface area (Å²) in [6.07, 6.45) is 0.986. The largest absolute Gasteiger partial charge is 0.355 e. The van der Waals surface area contributed by atoms with Crippen molar-refractivity contribution in [3.8, 4) is 0 Å². The molecule has 0 unspecified atom stereocenters. The highest BCUT2D eigenvalue weighted by atomic mass is 35.5. The number of carbonyl (C=O) groups is 2. The Morgan fingerprint density at radius 1 is 1.00 bits per heavy atom. The fraction of sp³-hybridized carbons (Fsp3) is 0.125. The molecule has 25 heavy (non-hydrogen) atoms. The van der Waals surface area contributed by atoms with Crippen LogP contribution in [0.25, 0.3) is 0 Å². The van der Waals surface area contributed by atoms with Gasteiger partial charge in [-0.1, -0.05) is 17.7 Å². The maximum Gasteiger partial charge on any atom is 0.255 e. The second-order valence-electron chi connectivity index (χ2n) is 5.18. The highest BCUT2D eigenvalue weighted by molar-refractivity contribution is 7.92. The molecular formula is C16H16ClN3O4S. The zero-order valence-corrected chi connectivity index (χ0v) is 15.0. The van der Waals surface area contributed by atoms with E-state index in [1.54, 1.807) is 18.2 Å². The monoisotopic (exact) mass is 381 g/mol. The third-order valence-electron chi connectivity index (χ3n) is 3.13. The van der Waals surface area contributed by atoms with Gasteiger partial charge in [0.05, 0.1) is 17.0 Å². The fourth-order valence-electron chi connectivity index (χ4n) is 2.03. The van der Waals surface area contributed by atoms with Gasteiger partial charge < -0.3 is 10.6 Å². The van der Waals surface area contributed by atoms with Gasteiger partial charge in [-0.2, -0.15) is 0 Å². The van der Waals surface area contributed by atoms with Gasteiger partial charge in [-0.05, 0) is 36.4 Å². The number of anilines is 2. The molecule has 2 amide bonds. The standard InChI is InChI=1S/C16H16ClN3O4S/c1-18-15(21)10-4-3-5-12(8-10)19-16(22)11-6-7-13(17)14(9-11)20-25(2,23)24/h3-9,20H,1-2H3,(H,18,21)(H,19,22). The van der Waals surface area contributed by atoms with Gasteiger partial charge in [0.15, 0.2) is 0 Å². The molecule has 0 aromatic heterocycles. The SMILES string of the molecule is CNC(=O)c1cccc(NC(=O)c2ccc(Cl)c(NS(C)(=O)=O)c2)c1. The van der Waals surface area contributed by atoms with Crippen LogP contribution >= 0.6 is 11.6 Å². The first kappa shape index (κ1) is 18.8. The van der Waals surface area contributed by atoms with E-state index in [0.29, 0.717) is 11.3 Å². The van der Waals surface area contributed by atoms with E-state index in [2.05, 4.69) is 15.4 Å². The van der Waals surface area contributed by atoms with Crippen LogP contribution in [0, 0.1) is 0 Å². The number of amides is 2. The lowest BCUT2D eigenvalue weighted by Crippen LogP contribution is -2.18. The van der Waals surface area contributed by atoms with Crippen LogP contribution in [-0.4, -0.2) is 33.5 Å². The lowest BCUT2D eigenvalue weighted by molar-refractivity contribution is 0.0961. The van der Waals surface area contributed by atoms with Gasteiger partial charge >= 0.3 is 0 Å². The van der Waals surface area contributed by atoms with E-state index < -0.39 is 15.9 Å². The number of sulfonamides is 1. The molecule has 0 spiro atoms. The quantitative estimate of drug-likeness (QED) is 0.739. The van der Waals surface area contributed by atoms with E-state index in [9.17, 15) is 18.0 Å². The second kappa shape index (κ2) is 7.54. The van der Waals surface area contributed by atoms with Crippen LogP contribution in [0.2, 0.25) is 5.02 Å². The highest BCUT2D eigenvalue weighted by Gasteiger charge is 2.12. The molecule has 0 aliphatic rings. The smallest absolute Gasteiger partial charge is 0.255 e. The average molecular weight is 382 g/mol. The Labute approximate surface area is 150 Å². The summed E-state index contributed by atoms with van der Waals surface area (Å²) in [5.41, 5.74) is 1.14. The summed E-state index contributed by atoms with van der Waals surface area (Å²) < 4.78 is 24.9. The summed E-state index contributed by atoms with van der Waals surface area (Å²) in [5, 5.41) is 5.32. The molecular weight excluding hydrogens is 366 g/mol. The number of halogens is 1. The predicted octanol–water partition coefficient (Wildman–Crippen LogP) is 2.32. The minimum absolute atomic E-state index is 0.107.